The van der Waals surface area contributed by atoms with Crippen LogP contribution in [0, 0.1) is 12.8 Å². The summed E-state index contributed by atoms with van der Waals surface area (Å²) < 4.78 is 29.8. The Morgan fingerprint density at radius 1 is 0.975 bits per heavy atom. The number of nitrogens with zero attached hydrogens (tertiary/aromatic N) is 2. The van der Waals surface area contributed by atoms with Gasteiger partial charge in [-0.05, 0) is 80.1 Å². The van der Waals surface area contributed by atoms with E-state index in [1.54, 1.807) is 55.5 Å². The van der Waals surface area contributed by atoms with Crippen molar-refractivity contribution >= 4 is 55.2 Å². The van der Waals surface area contributed by atoms with Gasteiger partial charge in [0.2, 0.25) is 11.8 Å². The topological polar surface area (TPSA) is 86.8 Å². The highest BCUT2D eigenvalue weighted by Gasteiger charge is 2.32. The van der Waals surface area contributed by atoms with Crippen LogP contribution >= 0.6 is 27.7 Å². The monoisotopic (exact) mass is 645 g/mol. The Kier molecular flexibility index (Phi) is 11.2. The molecule has 0 heterocycles. The lowest BCUT2D eigenvalue weighted by atomic mass is 10.1. The molecule has 3 aromatic carbocycles. The molecule has 0 aliphatic carbocycles. The maximum absolute atomic E-state index is 14.0. The third-order valence-electron chi connectivity index (χ3n) is 6.34. The molecule has 0 aliphatic heterocycles. The molecule has 0 fully saturated rings. The first-order valence-electron chi connectivity index (χ1n) is 13.0. The van der Waals surface area contributed by atoms with Crippen LogP contribution in [0.4, 0.5) is 5.69 Å². The van der Waals surface area contributed by atoms with E-state index in [4.69, 9.17) is 0 Å². The molecule has 214 valence electrons. The van der Waals surface area contributed by atoms with E-state index in [2.05, 4.69) is 21.2 Å². The van der Waals surface area contributed by atoms with Crippen molar-refractivity contribution in [2.45, 2.75) is 50.1 Å². The van der Waals surface area contributed by atoms with Gasteiger partial charge in [-0.1, -0.05) is 59.6 Å². The van der Waals surface area contributed by atoms with E-state index in [0.717, 1.165) is 24.8 Å². The van der Waals surface area contributed by atoms with Crippen LogP contribution in [-0.4, -0.2) is 50.5 Å². The number of halogens is 1. The summed E-state index contributed by atoms with van der Waals surface area (Å²) in [5.41, 5.74) is 2.14. The van der Waals surface area contributed by atoms with E-state index in [9.17, 15) is 18.0 Å². The Labute approximate surface area is 250 Å². The van der Waals surface area contributed by atoms with Crippen molar-refractivity contribution in [3.05, 3.63) is 88.4 Å². The van der Waals surface area contributed by atoms with E-state index < -0.39 is 28.5 Å². The molecule has 3 rings (SSSR count). The minimum atomic E-state index is -4.10. The lowest BCUT2D eigenvalue weighted by Gasteiger charge is -2.32. The van der Waals surface area contributed by atoms with E-state index in [1.807, 2.05) is 51.3 Å². The summed E-state index contributed by atoms with van der Waals surface area (Å²) in [6.07, 6.45) is 1.92. The van der Waals surface area contributed by atoms with Crippen LogP contribution in [-0.2, 0) is 26.2 Å². The number of carbonyl (C=O) groups is 2. The Bertz CT molecular complexity index is 1410. The fourth-order valence-electron chi connectivity index (χ4n) is 3.98. The second-order valence-corrected chi connectivity index (χ2v) is 13.6. The standard InChI is InChI=1S/C30H36BrN3O4S2/c1-21(2)18-32-30(36)23(4)33(19-24-7-6-8-25(31)17-24)29(35)20-34(26-11-9-22(3)10-12-26)40(37,38)28-15-13-27(39-5)14-16-28/h6-17,21,23H,18-20H2,1-5H3,(H,32,36)/t23-/m1/s1. The molecule has 40 heavy (non-hydrogen) atoms. The number of aryl methyl sites for hydroxylation is 1. The van der Waals surface area contributed by atoms with Gasteiger partial charge in [0.25, 0.3) is 10.0 Å². The van der Waals surface area contributed by atoms with Crippen molar-refractivity contribution in [3.8, 4) is 0 Å². The van der Waals surface area contributed by atoms with E-state index >= 15 is 0 Å². The molecule has 0 aliphatic rings. The predicted molar refractivity (Wildman–Crippen MR) is 166 cm³/mol. The normalized spacial score (nSPS) is 12.2. The number of amides is 2. The Morgan fingerprint density at radius 3 is 2.20 bits per heavy atom. The third kappa shape index (κ3) is 8.34. The zero-order chi connectivity index (χ0) is 29.4. The van der Waals surface area contributed by atoms with Gasteiger partial charge in [-0.15, -0.1) is 11.8 Å². The van der Waals surface area contributed by atoms with E-state index in [0.29, 0.717) is 12.2 Å². The van der Waals surface area contributed by atoms with Crippen molar-refractivity contribution in [1.82, 2.24) is 10.2 Å². The lowest BCUT2D eigenvalue weighted by Crippen LogP contribution is -2.51. The van der Waals surface area contributed by atoms with Crippen molar-refractivity contribution in [2.24, 2.45) is 5.92 Å². The molecule has 0 spiro atoms. The van der Waals surface area contributed by atoms with Gasteiger partial charge >= 0.3 is 0 Å². The van der Waals surface area contributed by atoms with Gasteiger partial charge in [-0.25, -0.2) is 8.42 Å². The van der Waals surface area contributed by atoms with Gasteiger partial charge in [-0.2, -0.15) is 0 Å². The number of carbonyl (C=O) groups excluding carboxylic acids is 2. The smallest absolute Gasteiger partial charge is 0.264 e. The summed E-state index contributed by atoms with van der Waals surface area (Å²) in [7, 11) is -4.10. The molecule has 1 atom stereocenters. The van der Waals surface area contributed by atoms with Crippen LogP contribution in [0.2, 0.25) is 0 Å². The third-order valence-corrected chi connectivity index (χ3v) is 9.37. The van der Waals surface area contributed by atoms with Gasteiger partial charge in [0.05, 0.1) is 10.6 Å². The molecule has 7 nitrogen and oxygen atoms in total. The number of thioether (sulfide) groups is 1. The predicted octanol–water partition coefficient (Wildman–Crippen LogP) is 5.86. The molecule has 3 aromatic rings. The molecule has 10 heteroatoms. The zero-order valence-electron chi connectivity index (χ0n) is 23.4. The number of benzene rings is 3. The summed E-state index contributed by atoms with van der Waals surface area (Å²) in [6, 6.07) is 20.2. The summed E-state index contributed by atoms with van der Waals surface area (Å²) >= 11 is 4.97. The maximum Gasteiger partial charge on any atom is 0.264 e. The molecule has 0 saturated carbocycles. The number of hydrogen-bond acceptors (Lipinski definition) is 5. The first kappa shape index (κ1) is 31.7. The summed E-state index contributed by atoms with van der Waals surface area (Å²) in [5.74, 6) is -0.545. The first-order chi connectivity index (χ1) is 18.9. The molecule has 0 aromatic heterocycles. The fourth-order valence-corrected chi connectivity index (χ4v) is 6.25. The Morgan fingerprint density at radius 2 is 1.62 bits per heavy atom. The quantitative estimate of drug-likeness (QED) is 0.249. The van der Waals surface area contributed by atoms with Gasteiger partial charge < -0.3 is 10.2 Å². The fraction of sp³-hybridized carbons (Fsp3) is 0.333. The summed E-state index contributed by atoms with van der Waals surface area (Å²) in [5, 5.41) is 2.90. The summed E-state index contributed by atoms with van der Waals surface area (Å²) in [6.45, 7) is 7.70. The average Bonchev–Trinajstić information content (AvgIpc) is 2.93. The van der Waals surface area contributed by atoms with Crippen molar-refractivity contribution < 1.29 is 18.0 Å². The Hall–Kier alpha value is -2.82. The van der Waals surface area contributed by atoms with Crippen molar-refractivity contribution in [1.29, 1.82) is 0 Å². The molecular weight excluding hydrogens is 610 g/mol. The van der Waals surface area contributed by atoms with E-state index in [1.165, 1.54) is 16.7 Å². The Balaban J connectivity index is 2.01. The number of sulfonamides is 1. The second kappa shape index (κ2) is 14.2. The average molecular weight is 647 g/mol. The van der Waals surface area contributed by atoms with Crippen molar-refractivity contribution in [3.63, 3.8) is 0 Å². The highest BCUT2D eigenvalue weighted by atomic mass is 79.9. The van der Waals surface area contributed by atoms with Crippen molar-refractivity contribution in [2.75, 3.05) is 23.7 Å². The van der Waals surface area contributed by atoms with Crippen LogP contribution in [0.1, 0.15) is 31.9 Å². The van der Waals surface area contributed by atoms with Crippen LogP contribution in [0.5, 0.6) is 0 Å². The zero-order valence-corrected chi connectivity index (χ0v) is 26.6. The lowest BCUT2D eigenvalue weighted by molar-refractivity contribution is -0.139. The molecule has 0 saturated heterocycles. The van der Waals surface area contributed by atoms with Crippen LogP contribution in [0.3, 0.4) is 0 Å². The van der Waals surface area contributed by atoms with Crippen LogP contribution in [0.15, 0.2) is 87.1 Å². The first-order valence-corrected chi connectivity index (χ1v) is 16.4. The number of anilines is 1. The largest absolute Gasteiger partial charge is 0.354 e. The van der Waals surface area contributed by atoms with Crippen LogP contribution < -0.4 is 9.62 Å². The summed E-state index contributed by atoms with van der Waals surface area (Å²) in [4.78, 5) is 29.5. The van der Waals surface area contributed by atoms with Gasteiger partial charge in [-0.3, -0.25) is 13.9 Å². The minimum absolute atomic E-state index is 0.0833. The highest BCUT2D eigenvalue weighted by molar-refractivity contribution is 9.10. The van der Waals surface area contributed by atoms with Gasteiger partial charge in [0.1, 0.15) is 12.6 Å². The molecule has 0 bridgehead atoms. The highest BCUT2D eigenvalue weighted by Crippen LogP contribution is 2.26. The van der Waals surface area contributed by atoms with Gasteiger partial charge in [0.15, 0.2) is 0 Å². The molecule has 1 N–H and O–H groups in total. The van der Waals surface area contributed by atoms with E-state index in [-0.39, 0.29) is 23.3 Å². The molecular formula is C30H36BrN3O4S2. The molecule has 0 radical (unpaired) electrons. The number of rotatable bonds is 12. The van der Waals surface area contributed by atoms with Gasteiger partial charge in [0, 0.05) is 22.5 Å². The molecule has 0 unspecified atom stereocenters. The second-order valence-electron chi connectivity index (χ2n) is 9.99. The minimum Gasteiger partial charge on any atom is -0.354 e. The number of hydrogen-bond donors (Lipinski definition) is 1. The number of nitrogens with one attached hydrogen (secondary N) is 1. The maximum atomic E-state index is 14.0. The SMILES string of the molecule is CSc1ccc(S(=O)(=O)N(CC(=O)N(Cc2cccc(Br)c2)[C@H](C)C(=O)NCC(C)C)c2ccc(C)cc2)cc1. The molecule has 2 amide bonds. The van der Waals surface area contributed by atoms with Crippen LogP contribution in [0.25, 0.3) is 0 Å².